The maximum absolute atomic E-state index is 8.94. The van der Waals surface area contributed by atoms with Gasteiger partial charge in [0.1, 0.15) is 0 Å². The van der Waals surface area contributed by atoms with Gasteiger partial charge < -0.3 is 5.11 Å². The van der Waals surface area contributed by atoms with Crippen molar-refractivity contribution in [1.82, 2.24) is 4.90 Å². The number of hydrogen-bond acceptors (Lipinski definition) is 2. The summed E-state index contributed by atoms with van der Waals surface area (Å²) in [7, 11) is 0. The van der Waals surface area contributed by atoms with Gasteiger partial charge in [-0.2, -0.15) is 0 Å². The highest BCUT2D eigenvalue weighted by atomic mass is 16.3. The van der Waals surface area contributed by atoms with Crippen molar-refractivity contribution in [2.75, 3.05) is 19.7 Å². The van der Waals surface area contributed by atoms with Gasteiger partial charge in [0, 0.05) is 18.7 Å². The summed E-state index contributed by atoms with van der Waals surface area (Å²) in [5, 5.41) is 8.94. The van der Waals surface area contributed by atoms with Crippen LogP contribution in [0.15, 0.2) is 0 Å². The largest absolute Gasteiger partial charge is 0.396 e. The predicted molar refractivity (Wildman–Crippen MR) is 51.1 cm³/mol. The average Bonchev–Trinajstić information content (AvgIpc) is 2.31. The highest BCUT2D eigenvalue weighted by Crippen LogP contribution is 2.28. The number of rotatable bonds is 3. The van der Waals surface area contributed by atoms with E-state index >= 15 is 0 Å². The molecule has 0 aliphatic carbocycles. The molecule has 0 aromatic rings. The van der Waals surface area contributed by atoms with Crippen molar-refractivity contribution < 1.29 is 5.11 Å². The van der Waals surface area contributed by atoms with E-state index in [0.717, 1.165) is 6.54 Å². The first-order chi connectivity index (χ1) is 5.56. The second-order valence-corrected chi connectivity index (χ2v) is 4.65. The molecule has 2 heteroatoms. The number of hydrogen-bond donors (Lipinski definition) is 1. The topological polar surface area (TPSA) is 23.5 Å². The number of nitrogens with zero attached hydrogens (tertiary/aromatic N) is 1. The first-order valence-corrected chi connectivity index (χ1v) is 4.92. The van der Waals surface area contributed by atoms with Gasteiger partial charge in [-0.05, 0) is 39.2 Å². The summed E-state index contributed by atoms with van der Waals surface area (Å²) < 4.78 is 0. The van der Waals surface area contributed by atoms with Gasteiger partial charge in [0.15, 0.2) is 0 Å². The molecule has 1 aliphatic heterocycles. The van der Waals surface area contributed by atoms with E-state index in [9.17, 15) is 0 Å². The monoisotopic (exact) mass is 171 g/mol. The molecular formula is C10H21NO. The Hall–Kier alpha value is -0.0800. The second-order valence-electron chi connectivity index (χ2n) is 4.65. The first kappa shape index (κ1) is 10.0. The van der Waals surface area contributed by atoms with Crippen LogP contribution in [0.25, 0.3) is 0 Å². The van der Waals surface area contributed by atoms with Crippen LogP contribution in [-0.2, 0) is 0 Å². The highest BCUT2D eigenvalue weighted by Gasteiger charge is 2.31. The Morgan fingerprint density at radius 3 is 2.58 bits per heavy atom. The van der Waals surface area contributed by atoms with E-state index in [1.54, 1.807) is 0 Å². The van der Waals surface area contributed by atoms with Gasteiger partial charge in [-0.25, -0.2) is 0 Å². The van der Waals surface area contributed by atoms with Crippen LogP contribution in [0.1, 0.15) is 33.6 Å². The molecule has 1 heterocycles. The van der Waals surface area contributed by atoms with E-state index in [1.807, 2.05) is 0 Å². The van der Waals surface area contributed by atoms with Crippen molar-refractivity contribution in [3.8, 4) is 0 Å². The Bertz CT molecular complexity index is 145. The summed E-state index contributed by atoms with van der Waals surface area (Å²) in [6.45, 7) is 9.26. The van der Waals surface area contributed by atoms with Crippen LogP contribution in [0.2, 0.25) is 0 Å². The third-order valence-electron chi connectivity index (χ3n) is 2.92. The Labute approximate surface area is 75.6 Å². The Balaban J connectivity index is 2.41. The summed E-state index contributed by atoms with van der Waals surface area (Å²) in [4.78, 5) is 2.49. The number of aliphatic hydroxyl groups excluding tert-OH is 1. The smallest absolute Gasteiger partial charge is 0.0468 e. The fraction of sp³-hybridized carbons (Fsp3) is 1.00. The minimum absolute atomic E-state index is 0.312. The van der Waals surface area contributed by atoms with Crippen LogP contribution < -0.4 is 0 Å². The lowest BCUT2D eigenvalue weighted by atomic mass is 10.0. The van der Waals surface area contributed by atoms with E-state index in [4.69, 9.17) is 5.11 Å². The molecule has 1 fully saturated rings. The van der Waals surface area contributed by atoms with Crippen LogP contribution in [0.3, 0.4) is 0 Å². The quantitative estimate of drug-likeness (QED) is 0.695. The molecule has 0 saturated carbocycles. The van der Waals surface area contributed by atoms with Crippen LogP contribution >= 0.6 is 0 Å². The Kier molecular flexibility index (Phi) is 3.13. The number of likely N-dealkylation sites (tertiary alicyclic amines) is 1. The van der Waals surface area contributed by atoms with Gasteiger partial charge in [-0.3, -0.25) is 4.90 Å². The van der Waals surface area contributed by atoms with Gasteiger partial charge in [0.25, 0.3) is 0 Å². The lowest BCUT2D eigenvalue weighted by Crippen LogP contribution is -2.41. The molecule has 0 amide bonds. The molecule has 1 rings (SSSR count). The van der Waals surface area contributed by atoms with Crippen molar-refractivity contribution in [3.63, 3.8) is 0 Å². The molecule has 1 aliphatic rings. The molecular weight excluding hydrogens is 150 g/mol. The van der Waals surface area contributed by atoms with Gasteiger partial charge in [-0.1, -0.05) is 6.92 Å². The summed E-state index contributed by atoms with van der Waals surface area (Å²) >= 11 is 0. The molecule has 0 bridgehead atoms. The third-order valence-corrected chi connectivity index (χ3v) is 2.92. The van der Waals surface area contributed by atoms with E-state index in [0.29, 0.717) is 18.1 Å². The maximum Gasteiger partial charge on any atom is 0.0468 e. The minimum Gasteiger partial charge on any atom is -0.396 e. The third kappa shape index (κ3) is 2.20. The van der Waals surface area contributed by atoms with Crippen molar-refractivity contribution in [1.29, 1.82) is 0 Å². The molecule has 0 spiro atoms. The number of aliphatic hydroxyl groups is 1. The van der Waals surface area contributed by atoms with Gasteiger partial charge in [0.05, 0.1) is 0 Å². The minimum atomic E-state index is 0.312. The Morgan fingerprint density at radius 1 is 1.50 bits per heavy atom. The SMILES string of the molecule is CC(CO)CN1CCCC1(C)C. The van der Waals surface area contributed by atoms with Gasteiger partial charge in [-0.15, -0.1) is 0 Å². The molecule has 72 valence electrons. The van der Waals surface area contributed by atoms with E-state index in [1.165, 1.54) is 19.4 Å². The van der Waals surface area contributed by atoms with Crippen LogP contribution in [-0.4, -0.2) is 35.2 Å². The van der Waals surface area contributed by atoms with Gasteiger partial charge >= 0.3 is 0 Å². The highest BCUT2D eigenvalue weighted by molar-refractivity contribution is 4.88. The fourth-order valence-electron chi connectivity index (χ4n) is 1.94. The van der Waals surface area contributed by atoms with Crippen molar-refractivity contribution >= 4 is 0 Å². The molecule has 0 aromatic carbocycles. The second kappa shape index (κ2) is 3.75. The summed E-state index contributed by atoms with van der Waals surface area (Å²) in [6.07, 6.45) is 2.61. The van der Waals surface area contributed by atoms with Crippen molar-refractivity contribution in [2.24, 2.45) is 5.92 Å². The lowest BCUT2D eigenvalue weighted by Gasteiger charge is -2.33. The average molecular weight is 171 g/mol. The summed E-state index contributed by atoms with van der Waals surface area (Å²) in [5.74, 6) is 0.419. The molecule has 1 saturated heterocycles. The lowest BCUT2D eigenvalue weighted by molar-refractivity contribution is 0.123. The molecule has 2 nitrogen and oxygen atoms in total. The molecule has 12 heavy (non-hydrogen) atoms. The Morgan fingerprint density at radius 2 is 2.17 bits per heavy atom. The van der Waals surface area contributed by atoms with E-state index < -0.39 is 0 Å². The fourth-order valence-corrected chi connectivity index (χ4v) is 1.94. The van der Waals surface area contributed by atoms with E-state index in [-0.39, 0.29) is 0 Å². The van der Waals surface area contributed by atoms with Gasteiger partial charge in [0.2, 0.25) is 0 Å². The zero-order chi connectivity index (χ0) is 9.19. The zero-order valence-electron chi connectivity index (χ0n) is 8.51. The van der Waals surface area contributed by atoms with Crippen LogP contribution in [0.4, 0.5) is 0 Å². The summed E-state index contributed by atoms with van der Waals surface area (Å²) in [5.41, 5.74) is 0.365. The summed E-state index contributed by atoms with van der Waals surface area (Å²) in [6, 6.07) is 0. The standard InChI is InChI=1S/C10H21NO/c1-9(8-12)7-11-6-4-5-10(11,2)3/h9,12H,4-8H2,1-3H3. The van der Waals surface area contributed by atoms with Crippen molar-refractivity contribution in [2.45, 2.75) is 39.2 Å². The van der Waals surface area contributed by atoms with E-state index in [2.05, 4.69) is 25.7 Å². The predicted octanol–water partition coefficient (Wildman–Crippen LogP) is 1.49. The molecule has 0 radical (unpaired) electrons. The molecule has 1 unspecified atom stereocenters. The molecule has 1 N–H and O–H groups in total. The van der Waals surface area contributed by atoms with Crippen LogP contribution in [0.5, 0.6) is 0 Å². The van der Waals surface area contributed by atoms with Crippen LogP contribution in [0, 0.1) is 5.92 Å². The first-order valence-electron chi connectivity index (χ1n) is 4.92. The normalized spacial score (nSPS) is 26.0. The molecule has 1 atom stereocenters. The zero-order valence-corrected chi connectivity index (χ0v) is 8.51. The molecule has 0 aromatic heterocycles. The maximum atomic E-state index is 8.94. The van der Waals surface area contributed by atoms with Crippen molar-refractivity contribution in [3.05, 3.63) is 0 Å².